The maximum absolute atomic E-state index is 12.8. The normalized spacial score (nSPS) is 10.3. The van der Waals surface area contributed by atoms with Crippen LogP contribution >= 0.6 is 0 Å². The van der Waals surface area contributed by atoms with Crippen LogP contribution in [0.1, 0.15) is 5.69 Å². The number of rotatable bonds is 5. The summed E-state index contributed by atoms with van der Waals surface area (Å²) in [7, 11) is 1.48. The van der Waals surface area contributed by atoms with E-state index in [2.05, 4.69) is 10.3 Å². The molecule has 2 rings (SSSR count). The van der Waals surface area contributed by atoms with E-state index in [0.717, 1.165) is 5.69 Å². The summed E-state index contributed by atoms with van der Waals surface area (Å²) < 4.78 is 19.3. The fraction of sp³-hybridized carbons (Fsp3) is 0.286. The molecule has 5 nitrogen and oxygen atoms in total. The number of nitrogens with zero attached hydrogens (tertiary/aromatic N) is 2. The number of aryl methyl sites for hydroxylation is 1. The molecule has 0 spiro atoms. The first-order valence-electron chi connectivity index (χ1n) is 6.22. The summed E-state index contributed by atoms with van der Waals surface area (Å²) in [4.78, 5) is 16.0. The molecular formula is C14H16FN3O2. The van der Waals surface area contributed by atoms with Crippen molar-refractivity contribution >= 4 is 5.69 Å². The van der Waals surface area contributed by atoms with Crippen LogP contribution in [0.5, 0.6) is 6.01 Å². The van der Waals surface area contributed by atoms with E-state index in [9.17, 15) is 9.18 Å². The Bertz CT molecular complexity index is 638. The minimum atomic E-state index is -0.281. The van der Waals surface area contributed by atoms with Crippen molar-refractivity contribution in [3.8, 4) is 6.01 Å². The van der Waals surface area contributed by atoms with Crippen molar-refractivity contribution in [2.45, 2.75) is 13.5 Å². The van der Waals surface area contributed by atoms with Gasteiger partial charge in [-0.3, -0.25) is 9.36 Å². The minimum Gasteiger partial charge on any atom is -0.468 e. The predicted molar refractivity (Wildman–Crippen MR) is 74.7 cm³/mol. The monoisotopic (exact) mass is 277 g/mol. The highest BCUT2D eigenvalue weighted by Gasteiger charge is 2.06. The number of aromatic nitrogens is 2. The van der Waals surface area contributed by atoms with Gasteiger partial charge in [-0.1, -0.05) is 0 Å². The number of hydrogen-bond acceptors (Lipinski definition) is 4. The van der Waals surface area contributed by atoms with Crippen LogP contribution in [0.2, 0.25) is 0 Å². The van der Waals surface area contributed by atoms with Crippen molar-refractivity contribution in [1.82, 2.24) is 9.55 Å². The first kappa shape index (κ1) is 14.0. The van der Waals surface area contributed by atoms with Gasteiger partial charge in [-0.05, 0) is 31.2 Å². The van der Waals surface area contributed by atoms with Gasteiger partial charge < -0.3 is 10.1 Å². The lowest BCUT2D eigenvalue weighted by Gasteiger charge is -2.12. The van der Waals surface area contributed by atoms with Crippen molar-refractivity contribution in [2.24, 2.45) is 0 Å². The van der Waals surface area contributed by atoms with Gasteiger partial charge in [0, 0.05) is 30.5 Å². The average molecular weight is 277 g/mol. The molecule has 0 amide bonds. The molecule has 1 aromatic heterocycles. The van der Waals surface area contributed by atoms with Gasteiger partial charge in [-0.2, -0.15) is 0 Å². The van der Waals surface area contributed by atoms with Crippen LogP contribution in [-0.4, -0.2) is 23.2 Å². The topological polar surface area (TPSA) is 56.1 Å². The fourth-order valence-corrected chi connectivity index (χ4v) is 1.84. The predicted octanol–water partition coefficient (Wildman–Crippen LogP) is 1.81. The Balaban J connectivity index is 2.04. The molecule has 0 atom stereocenters. The van der Waals surface area contributed by atoms with Gasteiger partial charge in [-0.15, -0.1) is 0 Å². The third-order valence-corrected chi connectivity index (χ3v) is 2.79. The van der Waals surface area contributed by atoms with E-state index >= 15 is 0 Å². The van der Waals surface area contributed by atoms with E-state index in [0.29, 0.717) is 18.8 Å². The molecule has 0 aliphatic rings. The molecule has 1 N–H and O–H groups in total. The lowest BCUT2D eigenvalue weighted by Crippen LogP contribution is -2.25. The largest absolute Gasteiger partial charge is 0.468 e. The maximum Gasteiger partial charge on any atom is 0.299 e. The second-order valence-corrected chi connectivity index (χ2v) is 4.31. The first-order chi connectivity index (χ1) is 9.60. The van der Waals surface area contributed by atoms with Gasteiger partial charge in [0.25, 0.3) is 11.6 Å². The van der Waals surface area contributed by atoms with Crippen molar-refractivity contribution in [1.29, 1.82) is 0 Å². The molecule has 0 aliphatic carbocycles. The molecule has 1 heterocycles. The van der Waals surface area contributed by atoms with Gasteiger partial charge in [0.2, 0.25) is 0 Å². The molecule has 6 heteroatoms. The van der Waals surface area contributed by atoms with Crippen LogP contribution in [-0.2, 0) is 6.54 Å². The van der Waals surface area contributed by atoms with Crippen molar-refractivity contribution in [2.75, 3.05) is 19.0 Å². The number of anilines is 1. The van der Waals surface area contributed by atoms with Crippen molar-refractivity contribution in [3.05, 3.63) is 52.2 Å². The van der Waals surface area contributed by atoms with Gasteiger partial charge >= 0.3 is 0 Å². The van der Waals surface area contributed by atoms with Crippen LogP contribution in [0.25, 0.3) is 0 Å². The zero-order valence-corrected chi connectivity index (χ0v) is 11.4. The summed E-state index contributed by atoms with van der Waals surface area (Å²) >= 11 is 0. The van der Waals surface area contributed by atoms with Crippen LogP contribution in [0.15, 0.2) is 35.1 Å². The smallest absolute Gasteiger partial charge is 0.299 e. The van der Waals surface area contributed by atoms with E-state index in [1.54, 1.807) is 19.1 Å². The highest BCUT2D eigenvalue weighted by atomic mass is 19.1. The standard InChI is InChI=1S/C14H16FN3O2/c1-10-9-13(19)18(14(17-10)20-2)8-7-16-12-5-3-11(15)4-6-12/h3-6,9,16H,7-8H2,1-2H3. The summed E-state index contributed by atoms with van der Waals surface area (Å²) in [6.45, 7) is 2.66. The number of methoxy groups -OCH3 is 1. The zero-order valence-electron chi connectivity index (χ0n) is 11.4. The molecule has 0 fully saturated rings. The quantitative estimate of drug-likeness (QED) is 0.905. The van der Waals surface area contributed by atoms with E-state index < -0.39 is 0 Å². The second-order valence-electron chi connectivity index (χ2n) is 4.31. The molecule has 106 valence electrons. The minimum absolute atomic E-state index is 0.157. The first-order valence-corrected chi connectivity index (χ1v) is 6.22. The maximum atomic E-state index is 12.8. The summed E-state index contributed by atoms with van der Waals surface area (Å²) in [5, 5.41) is 3.10. The highest BCUT2D eigenvalue weighted by Crippen LogP contribution is 2.08. The Morgan fingerprint density at radius 3 is 2.70 bits per heavy atom. The van der Waals surface area contributed by atoms with Crippen LogP contribution in [0.3, 0.4) is 0 Å². The van der Waals surface area contributed by atoms with E-state index in [-0.39, 0.29) is 17.4 Å². The van der Waals surface area contributed by atoms with E-state index in [4.69, 9.17) is 4.74 Å². The molecule has 0 saturated carbocycles. The highest BCUT2D eigenvalue weighted by molar-refractivity contribution is 5.42. The van der Waals surface area contributed by atoms with Gasteiger partial charge in [-0.25, -0.2) is 9.37 Å². The van der Waals surface area contributed by atoms with E-state index in [1.165, 1.54) is 29.9 Å². The SMILES string of the molecule is COc1nc(C)cc(=O)n1CCNc1ccc(F)cc1. The number of nitrogens with one attached hydrogen (secondary N) is 1. The van der Waals surface area contributed by atoms with Crippen LogP contribution < -0.4 is 15.6 Å². The number of hydrogen-bond donors (Lipinski definition) is 1. The zero-order chi connectivity index (χ0) is 14.5. The van der Waals surface area contributed by atoms with E-state index in [1.807, 2.05) is 0 Å². The molecule has 0 bridgehead atoms. The third kappa shape index (κ3) is 3.34. The number of benzene rings is 1. The summed E-state index contributed by atoms with van der Waals surface area (Å²) in [5.74, 6) is -0.281. The Kier molecular flexibility index (Phi) is 4.34. The molecule has 0 radical (unpaired) electrons. The number of ether oxygens (including phenoxy) is 1. The molecular weight excluding hydrogens is 261 g/mol. The summed E-state index contributed by atoms with van der Waals surface area (Å²) in [6, 6.07) is 7.78. The molecule has 2 aromatic rings. The van der Waals surface area contributed by atoms with Crippen LogP contribution in [0, 0.1) is 12.7 Å². The third-order valence-electron chi connectivity index (χ3n) is 2.79. The Morgan fingerprint density at radius 1 is 1.35 bits per heavy atom. The fourth-order valence-electron chi connectivity index (χ4n) is 1.84. The molecule has 20 heavy (non-hydrogen) atoms. The Labute approximate surface area is 116 Å². The number of halogens is 1. The molecule has 1 aromatic carbocycles. The van der Waals surface area contributed by atoms with Crippen molar-refractivity contribution in [3.63, 3.8) is 0 Å². The van der Waals surface area contributed by atoms with Gasteiger partial charge in [0.05, 0.1) is 7.11 Å². The summed E-state index contributed by atoms with van der Waals surface area (Å²) in [5.41, 5.74) is 1.25. The van der Waals surface area contributed by atoms with Gasteiger partial charge in [0.1, 0.15) is 5.82 Å². The van der Waals surface area contributed by atoms with Crippen molar-refractivity contribution < 1.29 is 9.13 Å². The Morgan fingerprint density at radius 2 is 2.05 bits per heavy atom. The summed E-state index contributed by atoms with van der Waals surface area (Å²) in [6.07, 6.45) is 0. The second kappa shape index (κ2) is 6.18. The van der Waals surface area contributed by atoms with Gasteiger partial charge in [0.15, 0.2) is 0 Å². The average Bonchev–Trinajstić information content (AvgIpc) is 2.42. The van der Waals surface area contributed by atoms with Crippen LogP contribution in [0.4, 0.5) is 10.1 Å². The molecule has 0 aliphatic heterocycles. The Hall–Kier alpha value is -2.37. The lowest BCUT2D eigenvalue weighted by molar-refractivity contribution is 0.346. The molecule has 0 saturated heterocycles. The lowest BCUT2D eigenvalue weighted by atomic mass is 10.3. The molecule has 0 unspecified atom stereocenters.